The second-order valence-corrected chi connectivity index (χ2v) is 42.3. The Hall–Kier alpha value is -3.84. The highest BCUT2D eigenvalue weighted by atomic mass is 32.2. The van der Waals surface area contributed by atoms with Gasteiger partial charge in [-0.05, 0) is 148 Å². The first-order chi connectivity index (χ1) is 50.0. The quantitative estimate of drug-likeness (QED) is 0.0280. The summed E-state index contributed by atoms with van der Waals surface area (Å²) in [5, 5.41) is 4.64. The van der Waals surface area contributed by atoms with Crippen LogP contribution in [0.5, 0.6) is 0 Å². The smallest absolute Gasteiger partial charge is 0.266 e. The lowest BCUT2D eigenvalue weighted by Gasteiger charge is -2.09. The van der Waals surface area contributed by atoms with Gasteiger partial charge in [-0.15, -0.1) is 113 Å². The summed E-state index contributed by atoms with van der Waals surface area (Å²) in [6.45, 7) is 13.5. The predicted molar refractivity (Wildman–Crippen MR) is 471 cm³/mol. The third-order valence-corrected chi connectivity index (χ3v) is 34.7. The highest BCUT2D eigenvalue weighted by Gasteiger charge is 2.29. The second kappa shape index (κ2) is 37.8. The number of hydrogen-bond acceptors (Lipinski definition) is 18. The molecule has 0 radical (unpaired) electrons. The van der Waals surface area contributed by atoms with Crippen LogP contribution in [0.25, 0.3) is 112 Å². The lowest BCUT2D eigenvalue weighted by molar-refractivity contribution is -0.114. The van der Waals surface area contributed by atoms with Crippen LogP contribution in [0.2, 0.25) is 0 Å². The van der Waals surface area contributed by atoms with Crippen LogP contribution in [0.3, 0.4) is 0 Å². The number of amides is 2. The molecule has 10 aromatic heterocycles. The lowest BCUT2D eigenvalue weighted by atomic mass is 10.00. The van der Waals surface area contributed by atoms with E-state index in [1.54, 1.807) is 69.7 Å². The maximum Gasteiger partial charge on any atom is 0.285 e. The summed E-state index contributed by atoms with van der Waals surface area (Å²) in [4.78, 5) is 67.4. The van der Waals surface area contributed by atoms with Gasteiger partial charge in [-0.1, -0.05) is 203 Å². The first kappa shape index (κ1) is 76.4. The molecule has 0 aliphatic carbocycles. The first-order valence-electron chi connectivity index (χ1n) is 36.9. The van der Waals surface area contributed by atoms with Gasteiger partial charge in [-0.2, -0.15) is 9.98 Å². The van der Waals surface area contributed by atoms with Gasteiger partial charge < -0.3 is 0 Å². The monoisotopic (exact) mass is 1610 g/mol. The Kier molecular flexibility index (Phi) is 28.3. The number of aryl methyl sites for hydroxylation is 4. The Balaban J connectivity index is 0.765. The number of unbranched alkanes of at least 4 members (excludes halogenated alkanes) is 20. The number of carbonyl (C=O) groups excluding carboxylic acids is 2. The van der Waals surface area contributed by atoms with Gasteiger partial charge in [0.1, 0.15) is 18.8 Å². The molecule has 2 amide bonds. The van der Waals surface area contributed by atoms with Gasteiger partial charge in [0.15, 0.2) is 0 Å². The van der Waals surface area contributed by atoms with Crippen molar-refractivity contribution in [1.29, 1.82) is 0 Å². The standard InChI is InChI=1S/C82H90N4O2S14/c1-7-11-15-19-23-27-31-53-43-55(45-65-77(87)85-81(101-65)89-41-29-25-21-17-13-9-3)93-73(53)63-39-37-59(95-63)69-49-83-79(99-69)67-47-57-71(61-35-33-51(5)91-61)76-58(72(75(57)97-67)62-36-34-52(6)92-62)48-68(98-76)80-84-50-70(100-80)60-38-40-64(96-60)74-54(32-28-24-20-16-12-8-2)44-56(94-74)46-66-78(88)86-82(102-66)90-42-30-26-22-18-14-10-4/h33-40,43-50H,7-32,41-42H2,1-6H3/b65-45-,66-46-. The molecule has 0 unspecified atom stereocenters. The molecule has 2 aliphatic heterocycles. The first-order valence-corrected chi connectivity index (χ1v) is 48.6. The summed E-state index contributed by atoms with van der Waals surface area (Å²) >= 11 is 25.1. The number of aromatic nitrogens is 2. The minimum absolute atomic E-state index is 0.102. The molecular weight excluding hydrogens is 1520 g/mol. The number of thiazole rings is 2. The summed E-state index contributed by atoms with van der Waals surface area (Å²) in [6, 6.07) is 28.0. The van der Waals surface area contributed by atoms with E-state index < -0.39 is 0 Å². The third-order valence-electron chi connectivity index (χ3n) is 18.5. The van der Waals surface area contributed by atoms with E-state index in [0.717, 1.165) is 75.5 Å². The number of aliphatic imine (C=N–C) groups is 2. The molecule has 13 rings (SSSR count). The number of nitrogens with zero attached hydrogens (tertiary/aromatic N) is 4. The number of thioether (sulfide) groups is 4. The van der Waals surface area contributed by atoms with Crippen molar-refractivity contribution in [3.63, 3.8) is 0 Å². The van der Waals surface area contributed by atoms with Crippen LogP contribution in [0.4, 0.5) is 0 Å². The lowest BCUT2D eigenvalue weighted by Crippen LogP contribution is -1.87. The molecule has 0 N–H and O–H groups in total. The Morgan fingerprint density at radius 3 is 1.13 bits per heavy atom. The van der Waals surface area contributed by atoms with Gasteiger partial charge in [0.2, 0.25) is 0 Å². The molecule has 534 valence electrons. The Morgan fingerprint density at radius 1 is 0.363 bits per heavy atom. The maximum absolute atomic E-state index is 13.3. The van der Waals surface area contributed by atoms with Crippen molar-refractivity contribution >= 4 is 213 Å². The van der Waals surface area contributed by atoms with E-state index in [-0.39, 0.29) is 11.8 Å². The molecule has 2 aliphatic rings. The van der Waals surface area contributed by atoms with Crippen LogP contribution in [0.1, 0.15) is 212 Å². The van der Waals surface area contributed by atoms with Crippen molar-refractivity contribution in [3.05, 3.63) is 126 Å². The number of fused-ring (bicyclic) bond motifs is 2. The normalized spacial score (nSPS) is 14.3. The van der Waals surface area contributed by atoms with Crippen LogP contribution >= 0.6 is 160 Å². The van der Waals surface area contributed by atoms with E-state index in [1.807, 2.05) is 90.7 Å². The van der Waals surface area contributed by atoms with Crippen molar-refractivity contribution in [3.8, 4) is 79.7 Å². The molecule has 0 bridgehead atoms. The molecule has 0 fully saturated rings. The van der Waals surface area contributed by atoms with Crippen molar-refractivity contribution in [2.45, 2.75) is 208 Å². The molecule has 6 nitrogen and oxygen atoms in total. The van der Waals surface area contributed by atoms with Gasteiger partial charge in [0.05, 0.1) is 29.3 Å². The molecule has 0 saturated heterocycles. The van der Waals surface area contributed by atoms with Crippen molar-refractivity contribution in [1.82, 2.24) is 9.97 Å². The fraction of sp³-hybridized carbons (Fsp3) is 0.415. The van der Waals surface area contributed by atoms with Gasteiger partial charge in [-0.3, -0.25) is 9.59 Å². The fourth-order valence-electron chi connectivity index (χ4n) is 13.1. The summed E-state index contributed by atoms with van der Waals surface area (Å²) in [5.41, 5.74) is 5.37. The summed E-state index contributed by atoms with van der Waals surface area (Å²) < 4.78 is 4.39. The highest BCUT2D eigenvalue weighted by Crippen LogP contribution is 2.56. The minimum Gasteiger partial charge on any atom is -0.266 e. The molecular formula is C82H90N4O2S14. The summed E-state index contributed by atoms with van der Waals surface area (Å²) in [6.07, 6.45) is 40.7. The zero-order chi connectivity index (χ0) is 70.3. The number of rotatable bonds is 38. The Labute approximate surface area is 661 Å². The number of benzene rings is 1. The van der Waals surface area contributed by atoms with Gasteiger partial charge in [0.25, 0.3) is 11.8 Å². The topological polar surface area (TPSA) is 84.6 Å². The zero-order valence-electron chi connectivity index (χ0n) is 59.4. The highest BCUT2D eigenvalue weighted by molar-refractivity contribution is 8.41. The third kappa shape index (κ3) is 19.3. The fourth-order valence-corrected chi connectivity index (χ4v) is 28.5. The van der Waals surface area contributed by atoms with Crippen LogP contribution in [0, 0.1) is 13.8 Å². The van der Waals surface area contributed by atoms with E-state index in [2.05, 4.69) is 149 Å². The van der Waals surface area contributed by atoms with E-state index in [0.29, 0.717) is 0 Å². The average Bonchev–Trinajstić information content (AvgIpc) is 1.56. The summed E-state index contributed by atoms with van der Waals surface area (Å²) in [7, 11) is 0. The zero-order valence-corrected chi connectivity index (χ0v) is 70.8. The number of carbonyl (C=O) groups is 2. The minimum atomic E-state index is -0.102. The number of hydrogen-bond donors (Lipinski definition) is 0. The van der Waals surface area contributed by atoms with E-state index in [4.69, 9.17) is 9.97 Å². The molecule has 0 spiro atoms. The molecule has 0 saturated carbocycles. The second-order valence-electron chi connectivity index (χ2n) is 26.5. The van der Waals surface area contributed by atoms with E-state index >= 15 is 0 Å². The summed E-state index contributed by atoms with van der Waals surface area (Å²) in [5.74, 6) is 1.82. The van der Waals surface area contributed by atoms with Crippen LogP contribution < -0.4 is 0 Å². The SMILES string of the molecule is CCCCCCCCSC1=NC(=O)/C(=C/c2cc(CCCCCCCC)c(-c3ccc(-c4cnc(-c5cc6c(-c7ccc(C)s7)c7sc(-c8ncc(-c9ccc(-c%10sc(/C=C%11\SC(SCCCCCCCC)=NC%11=O)cc%10CCCCCCCC)s9)s8)cc7c(-c7ccc(C)s7)c6s5)s4)s3)s2)S1. The van der Waals surface area contributed by atoms with Gasteiger partial charge >= 0.3 is 0 Å². The number of thiophene rings is 8. The van der Waals surface area contributed by atoms with Crippen molar-refractivity contribution < 1.29 is 9.59 Å². The molecule has 1 aromatic carbocycles. The predicted octanol–water partition coefficient (Wildman–Crippen LogP) is 31.3. The molecule has 20 heteroatoms. The maximum atomic E-state index is 13.3. The van der Waals surface area contributed by atoms with Gasteiger partial charge in [0, 0.05) is 114 Å². The van der Waals surface area contributed by atoms with Crippen LogP contribution in [0.15, 0.2) is 105 Å². The van der Waals surface area contributed by atoms with Crippen molar-refractivity contribution in [2.24, 2.45) is 9.98 Å². The van der Waals surface area contributed by atoms with E-state index in [9.17, 15) is 9.59 Å². The van der Waals surface area contributed by atoms with Crippen LogP contribution in [-0.4, -0.2) is 42.0 Å². The van der Waals surface area contributed by atoms with Crippen molar-refractivity contribution in [2.75, 3.05) is 11.5 Å². The molecule has 0 atom stereocenters. The molecule has 11 aromatic rings. The van der Waals surface area contributed by atoms with E-state index in [1.165, 1.54) is 252 Å². The largest absolute Gasteiger partial charge is 0.285 e. The molecule has 12 heterocycles. The Morgan fingerprint density at radius 2 is 0.735 bits per heavy atom. The molecule has 102 heavy (non-hydrogen) atoms. The average molecular weight is 1610 g/mol. The van der Waals surface area contributed by atoms with Gasteiger partial charge in [-0.25, -0.2) is 9.97 Å². The Bertz CT molecular complexity index is 4430. The van der Waals surface area contributed by atoms with Crippen LogP contribution in [-0.2, 0) is 22.4 Å².